The molecule has 3 atom stereocenters. The molecule has 0 radical (unpaired) electrons. The second-order valence-corrected chi connectivity index (χ2v) is 9.33. The summed E-state index contributed by atoms with van der Waals surface area (Å²) in [5, 5.41) is 24.3. The zero-order chi connectivity index (χ0) is 24.3. The fourth-order valence-corrected chi connectivity index (χ4v) is 4.74. The summed E-state index contributed by atoms with van der Waals surface area (Å²) in [6.45, 7) is 8.55. The molecule has 1 amide bonds. The van der Waals surface area contributed by atoms with Gasteiger partial charge in [0, 0.05) is 37.8 Å². The summed E-state index contributed by atoms with van der Waals surface area (Å²) in [7, 11) is 0. The van der Waals surface area contributed by atoms with Gasteiger partial charge in [0.25, 0.3) is 0 Å². The van der Waals surface area contributed by atoms with Gasteiger partial charge in [-0.05, 0) is 44.2 Å². The zero-order valence-electron chi connectivity index (χ0n) is 19.9. The van der Waals surface area contributed by atoms with Crippen LogP contribution in [0.5, 0.6) is 5.75 Å². The number of aliphatic hydroxyl groups is 1. The van der Waals surface area contributed by atoms with E-state index < -0.39 is 23.9 Å². The molecule has 2 heterocycles. The van der Waals surface area contributed by atoms with Crippen molar-refractivity contribution < 1.29 is 19.4 Å². The maximum atomic E-state index is 12.4. The first-order valence-corrected chi connectivity index (χ1v) is 11.6. The smallest absolute Gasteiger partial charge is 0.218 e. The Labute approximate surface area is 200 Å². The highest BCUT2D eigenvalue weighted by molar-refractivity contribution is 5.74. The van der Waals surface area contributed by atoms with Gasteiger partial charge in [-0.15, -0.1) is 0 Å². The number of amides is 1. The molecule has 1 fully saturated rings. The minimum absolute atomic E-state index is 0.161. The van der Waals surface area contributed by atoms with E-state index in [9.17, 15) is 15.2 Å². The van der Waals surface area contributed by atoms with Crippen molar-refractivity contribution in [2.24, 2.45) is 0 Å². The Bertz CT molecular complexity index is 1050. The number of morpholine rings is 1. The Morgan fingerprint density at radius 3 is 2.62 bits per heavy atom. The number of benzene rings is 2. The van der Waals surface area contributed by atoms with E-state index in [1.165, 1.54) is 6.92 Å². The number of carbonyl (C=O) groups excluding carboxylic acids is 1. The van der Waals surface area contributed by atoms with Crippen LogP contribution < -0.4 is 15.0 Å². The molecule has 2 N–H and O–H groups in total. The predicted molar refractivity (Wildman–Crippen MR) is 128 cm³/mol. The molecule has 2 aromatic rings. The van der Waals surface area contributed by atoms with Crippen LogP contribution in [0.25, 0.3) is 0 Å². The van der Waals surface area contributed by atoms with Crippen molar-refractivity contribution in [2.45, 2.75) is 44.7 Å². The van der Waals surface area contributed by atoms with E-state index in [4.69, 9.17) is 9.47 Å². The number of rotatable bonds is 6. The lowest BCUT2D eigenvalue weighted by Crippen LogP contribution is -2.61. The number of hydrogen-bond donors (Lipinski definition) is 2. The first kappa shape index (κ1) is 24.0. The van der Waals surface area contributed by atoms with Crippen molar-refractivity contribution in [1.82, 2.24) is 10.2 Å². The van der Waals surface area contributed by atoms with E-state index >= 15 is 0 Å². The van der Waals surface area contributed by atoms with Crippen LogP contribution in [0.2, 0.25) is 0 Å². The fourth-order valence-electron chi connectivity index (χ4n) is 4.74. The molecule has 0 bridgehead atoms. The SMILES string of the molecule is CC(=O)NC(CN1CCOCC1)N(c1ccccc1)C1c2cc(C#N)ccc2OC(C)(C)C1O. The average Bonchev–Trinajstić information content (AvgIpc) is 2.82. The monoisotopic (exact) mass is 464 g/mol. The molecule has 2 aromatic carbocycles. The number of nitrogens with zero attached hydrogens (tertiary/aromatic N) is 3. The van der Waals surface area contributed by atoms with Gasteiger partial charge >= 0.3 is 0 Å². The summed E-state index contributed by atoms with van der Waals surface area (Å²) < 4.78 is 11.7. The Morgan fingerprint density at radius 1 is 1.26 bits per heavy atom. The summed E-state index contributed by atoms with van der Waals surface area (Å²) in [5.41, 5.74) is 1.16. The van der Waals surface area contributed by atoms with Crippen LogP contribution in [0.1, 0.15) is 37.9 Å². The van der Waals surface area contributed by atoms with Crippen LogP contribution in [0.15, 0.2) is 48.5 Å². The predicted octanol–water partition coefficient (Wildman–Crippen LogP) is 2.43. The number of nitriles is 1. The maximum Gasteiger partial charge on any atom is 0.218 e. The van der Waals surface area contributed by atoms with Crippen molar-refractivity contribution in [3.05, 3.63) is 59.7 Å². The molecule has 0 saturated carbocycles. The molecule has 180 valence electrons. The van der Waals surface area contributed by atoms with Crippen LogP contribution >= 0.6 is 0 Å². The number of fused-ring (bicyclic) bond motifs is 1. The molecule has 8 heteroatoms. The molecule has 1 saturated heterocycles. The molecular formula is C26H32N4O4. The van der Waals surface area contributed by atoms with Gasteiger partial charge in [0.05, 0.1) is 30.9 Å². The van der Waals surface area contributed by atoms with Gasteiger partial charge < -0.3 is 24.8 Å². The maximum absolute atomic E-state index is 12.4. The van der Waals surface area contributed by atoms with Gasteiger partial charge in [0.2, 0.25) is 5.91 Å². The van der Waals surface area contributed by atoms with Crippen LogP contribution in [0, 0.1) is 11.3 Å². The van der Waals surface area contributed by atoms with Crippen LogP contribution in [0.4, 0.5) is 5.69 Å². The van der Waals surface area contributed by atoms with Crippen LogP contribution in [0.3, 0.4) is 0 Å². The normalized spacial score (nSPS) is 22.6. The van der Waals surface area contributed by atoms with E-state index in [0.29, 0.717) is 36.6 Å². The molecule has 4 rings (SSSR count). The number of ether oxygens (including phenoxy) is 2. The Morgan fingerprint density at radius 2 is 1.97 bits per heavy atom. The Hall–Kier alpha value is -3.12. The molecule has 8 nitrogen and oxygen atoms in total. The van der Waals surface area contributed by atoms with Gasteiger partial charge in [-0.3, -0.25) is 9.69 Å². The lowest BCUT2D eigenvalue weighted by atomic mass is 9.84. The third-order valence-electron chi connectivity index (χ3n) is 6.44. The van der Waals surface area contributed by atoms with Crippen molar-refractivity contribution in [1.29, 1.82) is 5.26 Å². The van der Waals surface area contributed by atoms with Crippen LogP contribution in [-0.4, -0.2) is 66.6 Å². The van der Waals surface area contributed by atoms with Gasteiger partial charge in [-0.1, -0.05) is 18.2 Å². The topological polar surface area (TPSA) is 98.1 Å². The second-order valence-electron chi connectivity index (χ2n) is 9.33. The number of aliphatic hydroxyl groups excluding tert-OH is 1. The number of anilines is 1. The highest BCUT2D eigenvalue weighted by Gasteiger charge is 2.47. The third-order valence-corrected chi connectivity index (χ3v) is 6.44. The second kappa shape index (κ2) is 10.0. The number of carbonyl (C=O) groups is 1. The van der Waals surface area contributed by atoms with Gasteiger partial charge in [0.1, 0.15) is 23.6 Å². The lowest BCUT2D eigenvalue weighted by Gasteiger charge is -2.50. The molecule has 0 aromatic heterocycles. The highest BCUT2D eigenvalue weighted by Crippen LogP contribution is 2.45. The number of para-hydroxylation sites is 1. The largest absolute Gasteiger partial charge is 0.485 e. The van der Waals surface area contributed by atoms with Crippen molar-refractivity contribution in [2.75, 3.05) is 37.7 Å². The molecule has 0 spiro atoms. The molecular weight excluding hydrogens is 432 g/mol. The third kappa shape index (κ3) is 5.02. The van der Waals surface area contributed by atoms with E-state index in [-0.39, 0.29) is 5.91 Å². The summed E-state index contributed by atoms with van der Waals surface area (Å²) in [5.74, 6) is 0.458. The number of nitrogens with one attached hydrogen (secondary N) is 1. The van der Waals surface area contributed by atoms with Gasteiger partial charge in [-0.2, -0.15) is 5.26 Å². The Balaban J connectivity index is 1.85. The Kier molecular flexibility index (Phi) is 7.08. The van der Waals surface area contributed by atoms with E-state index in [2.05, 4.69) is 21.2 Å². The summed E-state index contributed by atoms with van der Waals surface area (Å²) >= 11 is 0. The van der Waals surface area contributed by atoms with Crippen molar-refractivity contribution in [3.63, 3.8) is 0 Å². The van der Waals surface area contributed by atoms with Crippen LogP contribution in [-0.2, 0) is 9.53 Å². The van der Waals surface area contributed by atoms with Gasteiger partial charge in [-0.25, -0.2) is 0 Å². The van der Waals surface area contributed by atoms with Crippen molar-refractivity contribution in [3.8, 4) is 11.8 Å². The summed E-state index contributed by atoms with van der Waals surface area (Å²) in [6, 6.07) is 16.6. The minimum Gasteiger partial charge on any atom is -0.485 e. The molecule has 34 heavy (non-hydrogen) atoms. The average molecular weight is 465 g/mol. The molecule has 2 aliphatic rings. The zero-order valence-corrected chi connectivity index (χ0v) is 19.9. The van der Waals surface area contributed by atoms with E-state index in [0.717, 1.165) is 18.8 Å². The van der Waals surface area contributed by atoms with Crippen molar-refractivity contribution >= 4 is 11.6 Å². The molecule has 0 aliphatic carbocycles. The molecule has 3 unspecified atom stereocenters. The van der Waals surface area contributed by atoms with Gasteiger partial charge in [0.15, 0.2) is 0 Å². The summed E-state index contributed by atoms with van der Waals surface area (Å²) in [4.78, 5) is 16.7. The molecule has 2 aliphatic heterocycles. The fraction of sp³-hybridized carbons (Fsp3) is 0.462. The standard InChI is InChI=1S/C26H32N4O4/c1-18(31)28-23(17-29-11-13-33-14-12-29)30(20-7-5-4-6-8-20)24-21-15-19(16-27)9-10-22(21)34-26(2,3)25(24)32/h4-10,15,23-25,32H,11-14,17H2,1-3H3,(H,28,31). The first-order valence-electron chi connectivity index (χ1n) is 11.6. The lowest BCUT2D eigenvalue weighted by molar-refractivity contribution is -0.120. The summed E-state index contributed by atoms with van der Waals surface area (Å²) in [6.07, 6.45) is -1.37. The first-order chi connectivity index (χ1) is 16.3. The van der Waals surface area contributed by atoms with E-state index in [1.807, 2.05) is 44.2 Å². The highest BCUT2D eigenvalue weighted by atomic mass is 16.5. The minimum atomic E-state index is -0.935. The number of hydrogen-bond acceptors (Lipinski definition) is 7. The van der Waals surface area contributed by atoms with E-state index in [1.54, 1.807) is 18.2 Å². The quantitative estimate of drug-likeness (QED) is 0.634.